The molecule has 262 valence electrons. The third-order valence-corrected chi connectivity index (χ3v) is 9.44. The largest absolute Gasteiger partial charge is 0.354 e. The number of carbonyl (C=O) groups is 4. The molecule has 1 aromatic heterocycles. The molecule has 4 aromatic carbocycles. The SMILES string of the molecule is CCCN(CC(=O)Nc1ccc(-c2[nH]c3ccc(NC(=O)[C@@H]4CCCN4C(=O)Cc4ccccc4)cc3c2CC)cc1)C(=O)Cc1ccccc1. The molecular weight excluding hydrogens is 638 g/mol. The fourth-order valence-corrected chi connectivity index (χ4v) is 6.91. The van der Waals surface area contributed by atoms with Crippen LogP contribution < -0.4 is 10.6 Å². The third kappa shape index (κ3) is 8.55. The van der Waals surface area contributed by atoms with E-state index in [0.29, 0.717) is 30.9 Å². The summed E-state index contributed by atoms with van der Waals surface area (Å²) < 4.78 is 0. The van der Waals surface area contributed by atoms with Crippen LogP contribution in [0.15, 0.2) is 103 Å². The fourth-order valence-electron chi connectivity index (χ4n) is 6.91. The van der Waals surface area contributed by atoms with E-state index >= 15 is 0 Å². The highest BCUT2D eigenvalue weighted by atomic mass is 16.2. The summed E-state index contributed by atoms with van der Waals surface area (Å²) in [7, 11) is 0. The topological polar surface area (TPSA) is 115 Å². The second-order valence-corrected chi connectivity index (χ2v) is 13.1. The number of carbonyl (C=O) groups excluding carboxylic acids is 4. The number of hydrogen-bond acceptors (Lipinski definition) is 4. The number of rotatable bonds is 13. The Morgan fingerprint density at radius 3 is 2.14 bits per heavy atom. The lowest BCUT2D eigenvalue weighted by atomic mass is 10.0. The van der Waals surface area contributed by atoms with Crippen LogP contribution in [0, 0.1) is 0 Å². The Labute approximate surface area is 299 Å². The van der Waals surface area contributed by atoms with Crippen molar-refractivity contribution in [2.75, 3.05) is 30.3 Å². The smallest absolute Gasteiger partial charge is 0.247 e. The highest BCUT2D eigenvalue weighted by Gasteiger charge is 2.34. The average molecular weight is 684 g/mol. The standard InChI is InChI=1S/C42H45N5O4/c1-3-23-46(39(49)25-29-12-7-5-8-13-29)28-38(48)43-32-19-17-31(18-20-32)41-34(4-2)35-27-33(21-22-36(35)45-41)44-42(51)37-16-11-24-47(37)40(50)26-30-14-9-6-10-15-30/h5-10,12-15,17-22,27,37,45H,3-4,11,16,23-26,28H2,1-2H3,(H,43,48)(H,44,51)/t37-/m0/s1. The quantitative estimate of drug-likeness (QED) is 0.124. The number of anilines is 2. The number of H-pyrrole nitrogens is 1. The molecule has 0 bridgehead atoms. The van der Waals surface area contributed by atoms with E-state index in [9.17, 15) is 19.2 Å². The Hall–Kier alpha value is -5.70. The third-order valence-electron chi connectivity index (χ3n) is 9.44. The van der Waals surface area contributed by atoms with Crippen molar-refractivity contribution in [3.8, 4) is 11.3 Å². The van der Waals surface area contributed by atoms with Crippen LogP contribution in [0.3, 0.4) is 0 Å². The summed E-state index contributed by atoms with van der Waals surface area (Å²) in [4.78, 5) is 59.4. The van der Waals surface area contributed by atoms with Crippen LogP contribution in [0.2, 0.25) is 0 Å². The van der Waals surface area contributed by atoms with E-state index in [-0.39, 0.29) is 43.0 Å². The van der Waals surface area contributed by atoms with Crippen molar-refractivity contribution in [2.24, 2.45) is 0 Å². The summed E-state index contributed by atoms with van der Waals surface area (Å²) in [5, 5.41) is 7.04. The first-order chi connectivity index (χ1) is 24.8. The molecule has 0 spiro atoms. The zero-order valence-electron chi connectivity index (χ0n) is 29.3. The zero-order chi connectivity index (χ0) is 35.7. The van der Waals surface area contributed by atoms with Gasteiger partial charge in [0.05, 0.1) is 19.4 Å². The lowest BCUT2D eigenvalue weighted by Crippen LogP contribution is -2.43. The van der Waals surface area contributed by atoms with Crippen molar-refractivity contribution in [1.82, 2.24) is 14.8 Å². The number of aromatic nitrogens is 1. The molecule has 5 aromatic rings. The molecule has 4 amide bonds. The molecule has 2 heterocycles. The van der Waals surface area contributed by atoms with Gasteiger partial charge in [-0.15, -0.1) is 0 Å². The number of benzene rings is 4. The van der Waals surface area contributed by atoms with Gasteiger partial charge in [0, 0.05) is 41.1 Å². The first-order valence-electron chi connectivity index (χ1n) is 17.8. The van der Waals surface area contributed by atoms with E-state index in [1.807, 2.05) is 110 Å². The Morgan fingerprint density at radius 2 is 1.47 bits per heavy atom. The van der Waals surface area contributed by atoms with Gasteiger partial charge in [0.25, 0.3) is 0 Å². The Morgan fingerprint density at radius 1 is 0.804 bits per heavy atom. The predicted molar refractivity (Wildman–Crippen MR) is 202 cm³/mol. The lowest BCUT2D eigenvalue weighted by Gasteiger charge is -2.24. The molecule has 1 atom stereocenters. The van der Waals surface area contributed by atoms with Gasteiger partial charge in [-0.25, -0.2) is 0 Å². The minimum Gasteiger partial charge on any atom is -0.354 e. The van der Waals surface area contributed by atoms with Gasteiger partial charge in [0.15, 0.2) is 0 Å². The molecule has 0 aliphatic carbocycles. The molecule has 9 nitrogen and oxygen atoms in total. The second-order valence-electron chi connectivity index (χ2n) is 13.1. The van der Waals surface area contributed by atoms with Crippen LogP contribution in [0.25, 0.3) is 22.2 Å². The van der Waals surface area contributed by atoms with E-state index in [1.54, 1.807) is 9.80 Å². The number of nitrogens with one attached hydrogen (secondary N) is 3. The van der Waals surface area contributed by atoms with E-state index in [0.717, 1.165) is 58.1 Å². The van der Waals surface area contributed by atoms with Gasteiger partial charge in [-0.3, -0.25) is 19.2 Å². The summed E-state index contributed by atoms with van der Waals surface area (Å²) >= 11 is 0. The van der Waals surface area contributed by atoms with Gasteiger partial charge >= 0.3 is 0 Å². The van der Waals surface area contributed by atoms with Crippen molar-refractivity contribution < 1.29 is 19.2 Å². The van der Waals surface area contributed by atoms with Crippen LogP contribution in [-0.2, 0) is 38.4 Å². The molecular formula is C42H45N5O4. The summed E-state index contributed by atoms with van der Waals surface area (Å²) in [5.41, 5.74) is 7.21. The molecule has 1 aliphatic heterocycles. The minimum atomic E-state index is -0.493. The summed E-state index contributed by atoms with van der Waals surface area (Å²) in [5.74, 6) is -0.515. The van der Waals surface area contributed by atoms with Gasteiger partial charge in [0.2, 0.25) is 23.6 Å². The molecule has 6 rings (SSSR count). The van der Waals surface area contributed by atoms with E-state index in [2.05, 4.69) is 22.5 Å². The molecule has 9 heteroatoms. The Bertz CT molecular complexity index is 1990. The molecule has 51 heavy (non-hydrogen) atoms. The highest BCUT2D eigenvalue weighted by molar-refractivity contribution is 6.01. The highest BCUT2D eigenvalue weighted by Crippen LogP contribution is 2.33. The molecule has 0 saturated carbocycles. The Kier molecular flexibility index (Phi) is 11.3. The van der Waals surface area contributed by atoms with E-state index < -0.39 is 6.04 Å². The summed E-state index contributed by atoms with van der Waals surface area (Å²) in [6.45, 7) is 5.17. The monoisotopic (exact) mass is 683 g/mol. The molecule has 3 N–H and O–H groups in total. The van der Waals surface area contributed by atoms with Crippen molar-refractivity contribution in [2.45, 2.75) is 58.4 Å². The van der Waals surface area contributed by atoms with Crippen LogP contribution >= 0.6 is 0 Å². The van der Waals surface area contributed by atoms with E-state index in [1.165, 1.54) is 0 Å². The zero-order valence-corrected chi connectivity index (χ0v) is 29.3. The van der Waals surface area contributed by atoms with Crippen LogP contribution in [0.5, 0.6) is 0 Å². The van der Waals surface area contributed by atoms with Crippen molar-refractivity contribution >= 4 is 45.9 Å². The number of likely N-dealkylation sites (tertiary alicyclic amines) is 1. The number of aryl methyl sites for hydroxylation is 1. The summed E-state index contributed by atoms with van der Waals surface area (Å²) in [6, 6.07) is 32.2. The van der Waals surface area contributed by atoms with Crippen LogP contribution in [0.1, 0.15) is 49.8 Å². The Balaban J connectivity index is 1.10. The maximum absolute atomic E-state index is 13.4. The fraction of sp³-hybridized carbons (Fsp3) is 0.286. The van der Waals surface area contributed by atoms with Crippen LogP contribution in [-0.4, -0.2) is 64.1 Å². The van der Waals surface area contributed by atoms with Crippen LogP contribution in [0.4, 0.5) is 11.4 Å². The molecule has 1 saturated heterocycles. The van der Waals surface area contributed by atoms with Gasteiger partial charge in [-0.05, 0) is 78.3 Å². The predicted octanol–water partition coefficient (Wildman–Crippen LogP) is 6.99. The normalized spacial score (nSPS) is 14.0. The maximum Gasteiger partial charge on any atom is 0.247 e. The minimum absolute atomic E-state index is 0.00902. The van der Waals surface area contributed by atoms with Gasteiger partial charge in [0.1, 0.15) is 6.04 Å². The van der Waals surface area contributed by atoms with Crippen molar-refractivity contribution in [1.29, 1.82) is 0 Å². The van der Waals surface area contributed by atoms with Crippen molar-refractivity contribution in [3.05, 3.63) is 120 Å². The van der Waals surface area contributed by atoms with Gasteiger partial charge in [-0.1, -0.05) is 86.6 Å². The first-order valence-corrected chi connectivity index (χ1v) is 17.8. The molecule has 0 radical (unpaired) electrons. The molecule has 1 fully saturated rings. The number of fused-ring (bicyclic) bond motifs is 1. The lowest BCUT2D eigenvalue weighted by molar-refractivity contribution is -0.136. The number of hydrogen-bond donors (Lipinski definition) is 3. The number of nitrogens with zero attached hydrogens (tertiary/aromatic N) is 2. The van der Waals surface area contributed by atoms with E-state index in [4.69, 9.17) is 0 Å². The molecule has 0 unspecified atom stereocenters. The van der Waals surface area contributed by atoms with Gasteiger partial charge in [-0.2, -0.15) is 0 Å². The second kappa shape index (κ2) is 16.3. The number of aromatic amines is 1. The summed E-state index contributed by atoms with van der Waals surface area (Å²) in [6.07, 6.45) is 3.51. The van der Waals surface area contributed by atoms with Gasteiger partial charge < -0.3 is 25.4 Å². The average Bonchev–Trinajstić information content (AvgIpc) is 3.78. The first kappa shape index (κ1) is 35.1. The maximum atomic E-state index is 13.4. The van der Waals surface area contributed by atoms with Crippen molar-refractivity contribution in [3.63, 3.8) is 0 Å². The molecule has 1 aliphatic rings. The number of amides is 4.